The molecule has 2 heterocycles. The van der Waals surface area contributed by atoms with Gasteiger partial charge < -0.3 is 21.1 Å². The molecule has 0 aliphatic carbocycles. The molecule has 4 N–H and O–H groups in total. The molecule has 2 aromatic heterocycles. The number of carbonyl (C=O) groups excluding carboxylic acids is 1. The molecule has 8 heteroatoms. The second-order valence-electron chi connectivity index (χ2n) is 4.49. The van der Waals surface area contributed by atoms with Crippen LogP contribution in [0.2, 0.25) is 0 Å². The largest absolute Gasteiger partial charge is 0.492 e. The van der Waals surface area contributed by atoms with Crippen molar-refractivity contribution >= 4 is 27.9 Å². The van der Waals surface area contributed by atoms with Crippen molar-refractivity contribution in [1.29, 1.82) is 0 Å². The zero-order valence-corrected chi connectivity index (χ0v) is 13.1. The van der Waals surface area contributed by atoms with Gasteiger partial charge in [-0.05, 0) is 12.5 Å². The van der Waals surface area contributed by atoms with Gasteiger partial charge in [0.25, 0.3) is 5.91 Å². The van der Waals surface area contributed by atoms with Gasteiger partial charge in [-0.1, -0.05) is 0 Å². The van der Waals surface area contributed by atoms with Crippen molar-refractivity contribution < 1.29 is 9.53 Å². The lowest BCUT2D eigenvalue weighted by atomic mass is 10.3. The summed E-state index contributed by atoms with van der Waals surface area (Å²) in [7, 11) is 3.11. The molecule has 0 fully saturated rings. The van der Waals surface area contributed by atoms with Crippen molar-refractivity contribution in [2.24, 2.45) is 0 Å². The number of nitrogens with one attached hydrogen (secondary N) is 2. The number of aromatic nitrogens is 2. The lowest BCUT2D eigenvalue weighted by molar-refractivity contribution is 0.0967. The second-order valence-corrected chi connectivity index (χ2v) is 5.51. The Kier molecular flexibility index (Phi) is 4.69. The number of ether oxygens (including phenoxy) is 1. The molecule has 0 spiro atoms. The third-order valence-corrected chi connectivity index (χ3v) is 4.07. The van der Waals surface area contributed by atoms with E-state index >= 15 is 0 Å². The molecule has 0 radical (unpaired) electrons. The van der Waals surface area contributed by atoms with Crippen LogP contribution in [0.1, 0.15) is 15.2 Å². The molecule has 0 bridgehead atoms. The quantitative estimate of drug-likeness (QED) is 0.748. The fraction of sp³-hybridized carbons (Fsp3) is 0.385. The monoisotopic (exact) mass is 309 g/mol. The minimum atomic E-state index is -0.216. The maximum atomic E-state index is 11.7. The van der Waals surface area contributed by atoms with E-state index in [0.717, 1.165) is 10.6 Å². The van der Waals surface area contributed by atoms with Gasteiger partial charge in [-0.25, -0.2) is 0 Å². The number of amides is 1. The summed E-state index contributed by atoms with van der Waals surface area (Å²) in [6, 6.07) is 0. The highest BCUT2D eigenvalue weighted by Gasteiger charge is 2.20. The Morgan fingerprint density at radius 1 is 1.57 bits per heavy atom. The van der Waals surface area contributed by atoms with E-state index in [4.69, 9.17) is 10.5 Å². The molecule has 0 aliphatic rings. The van der Waals surface area contributed by atoms with Gasteiger partial charge in [0, 0.05) is 19.8 Å². The molecular formula is C13H19N5O2S. The van der Waals surface area contributed by atoms with Crippen LogP contribution < -0.4 is 21.1 Å². The Morgan fingerprint density at radius 3 is 2.90 bits per heavy atom. The number of hydrogen-bond acceptors (Lipinski definition) is 6. The summed E-state index contributed by atoms with van der Waals surface area (Å²) in [5.74, 6) is 0.293. The van der Waals surface area contributed by atoms with E-state index in [1.165, 1.54) is 18.4 Å². The molecular weight excluding hydrogens is 290 g/mol. The van der Waals surface area contributed by atoms with Crippen molar-refractivity contribution in [2.45, 2.75) is 13.5 Å². The third kappa shape index (κ3) is 3.27. The molecule has 0 atom stereocenters. The van der Waals surface area contributed by atoms with Gasteiger partial charge in [0.05, 0.1) is 19.9 Å². The molecule has 1 amide bonds. The van der Waals surface area contributed by atoms with Crippen LogP contribution in [-0.2, 0) is 6.54 Å². The van der Waals surface area contributed by atoms with Crippen molar-refractivity contribution in [2.75, 3.05) is 31.8 Å². The van der Waals surface area contributed by atoms with Crippen LogP contribution in [0.4, 0.5) is 10.7 Å². The van der Waals surface area contributed by atoms with Gasteiger partial charge in [0.15, 0.2) is 5.75 Å². The third-order valence-electron chi connectivity index (χ3n) is 2.93. The predicted octanol–water partition coefficient (Wildman–Crippen LogP) is 1.32. The van der Waals surface area contributed by atoms with Gasteiger partial charge in [-0.3, -0.25) is 9.48 Å². The summed E-state index contributed by atoms with van der Waals surface area (Å²) in [4.78, 5) is 12.2. The minimum absolute atomic E-state index is 0.216. The number of aryl methyl sites for hydroxylation is 1. The summed E-state index contributed by atoms with van der Waals surface area (Å²) in [6.07, 6.45) is 3.78. The Bertz CT molecular complexity index is 635. The molecule has 0 aliphatic heterocycles. The van der Waals surface area contributed by atoms with Crippen LogP contribution >= 0.6 is 11.3 Å². The number of nitrogens with zero attached hydrogens (tertiary/aromatic N) is 2. The number of methoxy groups -OCH3 is 1. The number of nitrogens with two attached hydrogens (primary N) is 1. The highest BCUT2D eigenvalue weighted by molar-refractivity contribution is 7.19. The molecule has 0 saturated carbocycles. The van der Waals surface area contributed by atoms with Gasteiger partial charge in [0.2, 0.25) is 0 Å². The summed E-state index contributed by atoms with van der Waals surface area (Å²) in [5, 5.41) is 10.8. The molecule has 0 saturated heterocycles. The smallest absolute Gasteiger partial charge is 0.263 e. The first-order chi connectivity index (χ1) is 10.1. The molecule has 21 heavy (non-hydrogen) atoms. The first kappa shape index (κ1) is 15.2. The van der Waals surface area contributed by atoms with E-state index in [-0.39, 0.29) is 5.91 Å². The maximum absolute atomic E-state index is 11.7. The molecule has 114 valence electrons. The molecule has 7 nitrogen and oxygen atoms in total. The van der Waals surface area contributed by atoms with Crippen LogP contribution in [0.15, 0.2) is 12.4 Å². The SMILES string of the molecule is CNC(=O)c1sc(NCCn2cc(C)cn2)c(OC)c1N. The van der Waals surface area contributed by atoms with Gasteiger partial charge in [-0.2, -0.15) is 5.10 Å². The summed E-state index contributed by atoms with van der Waals surface area (Å²) < 4.78 is 7.13. The fourth-order valence-electron chi connectivity index (χ4n) is 1.90. The Balaban J connectivity index is 2.07. The van der Waals surface area contributed by atoms with Crippen molar-refractivity contribution in [1.82, 2.24) is 15.1 Å². The van der Waals surface area contributed by atoms with Crippen molar-refractivity contribution in [3.05, 3.63) is 22.8 Å². The molecule has 0 unspecified atom stereocenters. The highest BCUT2D eigenvalue weighted by Crippen LogP contribution is 2.42. The van der Waals surface area contributed by atoms with Crippen LogP contribution in [-0.4, -0.2) is 36.4 Å². The van der Waals surface area contributed by atoms with Gasteiger partial charge in [-0.15, -0.1) is 11.3 Å². The summed E-state index contributed by atoms with van der Waals surface area (Å²) in [5.41, 5.74) is 7.43. The van der Waals surface area contributed by atoms with Crippen LogP contribution in [0.3, 0.4) is 0 Å². The Labute approximate surface area is 127 Å². The number of anilines is 2. The lowest BCUT2D eigenvalue weighted by Crippen LogP contribution is -2.17. The van der Waals surface area contributed by atoms with Gasteiger partial charge >= 0.3 is 0 Å². The van der Waals surface area contributed by atoms with Crippen molar-refractivity contribution in [3.8, 4) is 5.75 Å². The molecule has 2 rings (SSSR count). The number of rotatable bonds is 6. The first-order valence-electron chi connectivity index (χ1n) is 6.48. The standard InChI is InChI=1S/C13H19N5O2S/c1-8-6-17-18(7-8)5-4-16-13-10(20-3)9(14)11(21-13)12(19)15-2/h6-7,16H,4-5,14H2,1-3H3,(H,15,19). The summed E-state index contributed by atoms with van der Waals surface area (Å²) >= 11 is 1.28. The Hall–Kier alpha value is -2.22. The average molecular weight is 309 g/mol. The average Bonchev–Trinajstić information content (AvgIpc) is 3.02. The minimum Gasteiger partial charge on any atom is -0.492 e. The lowest BCUT2D eigenvalue weighted by Gasteiger charge is -2.07. The van der Waals surface area contributed by atoms with E-state index in [1.54, 1.807) is 7.05 Å². The maximum Gasteiger partial charge on any atom is 0.263 e. The second kappa shape index (κ2) is 6.49. The Morgan fingerprint density at radius 2 is 2.33 bits per heavy atom. The number of carbonyl (C=O) groups is 1. The molecule has 0 aromatic carbocycles. The number of hydrogen-bond donors (Lipinski definition) is 3. The zero-order valence-electron chi connectivity index (χ0n) is 12.3. The topological polar surface area (TPSA) is 94.2 Å². The van der Waals surface area contributed by atoms with Crippen LogP contribution in [0.5, 0.6) is 5.75 Å². The van der Waals surface area contributed by atoms with Crippen molar-refractivity contribution in [3.63, 3.8) is 0 Å². The van der Waals surface area contributed by atoms with E-state index in [2.05, 4.69) is 15.7 Å². The van der Waals surface area contributed by atoms with Crippen LogP contribution in [0.25, 0.3) is 0 Å². The number of thiophene rings is 1. The van der Waals surface area contributed by atoms with E-state index < -0.39 is 0 Å². The van der Waals surface area contributed by atoms with E-state index in [0.29, 0.717) is 29.4 Å². The fourth-order valence-corrected chi connectivity index (χ4v) is 2.97. The van der Waals surface area contributed by atoms with Gasteiger partial charge in [0.1, 0.15) is 15.6 Å². The first-order valence-corrected chi connectivity index (χ1v) is 7.29. The van der Waals surface area contributed by atoms with Crippen LogP contribution in [0, 0.1) is 6.92 Å². The zero-order chi connectivity index (χ0) is 15.4. The van der Waals surface area contributed by atoms with E-state index in [1.807, 2.05) is 24.0 Å². The highest BCUT2D eigenvalue weighted by atomic mass is 32.1. The normalized spacial score (nSPS) is 10.4. The predicted molar refractivity (Wildman–Crippen MR) is 84.1 cm³/mol. The molecule has 2 aromatic rings. The summed E-state index contributed by atoms with van der Waals surface area (Å²) in [6.45, 7) is 3.37. The van der Waals surface area contributed by atoms with E-state index in [9.17, 15) is 4.79 Å². The number of nitrogen functional groups attached to an aromatic ring is 1.